The number of furan rings is 1. The first-order chi connectivity index (χ1) is 6.88. The number of hydrogen-bond acceptors (Lipinski definition) is 3. The van der Waals surface area contributed by atoms with Crippen LogP contribution >= 0.6 is 0 Å². The Balaban J connectivity index is 2.41. The number of carboxylic acids is 1. The molecular weight excluding hydrogens is 194 g/mol. The van der Waals surface area contributed by atoms with Crippen LogP contribution in [0.25, 0.3) is 0 Å². The molecule has 0 spiro atoms. The highest BCUT2D eigenvalue weighted by atomic mass is 16.4. The van der Waals surface area contributed by atoms with E-state index in [1.54, 1.807) is 6.07 Å². The molecule has 0 aromatic carbocycles. The molecule has 0 unspecified atom stereocenters. The van der Waals surface area contributed by atoms with Crippen LogP contribution in [-0.2, 0) is 6.54 Å². The molecule has 0 fully saturated rings. The predicted octanol–water partition coefficient (Wildman–Crippen LogP) is 2.11. The molecule has 0 atom stereocenters. The summed E-state index contributed by atoms with van der Waals surface area (Å²) in [6.07, 6.45) is 0. The molecule has 0 aliphatic heterocycles. The van der Waals surface area contributed by atoms with Crippen molar-refractivity contribution < 1.29 is 14.3 Å². The zero-order valence-electron chi connectivity index (χ0n) is 9.33. The number of rotatable bonds is 4. The third kappa shape index (κ3) is 4.16. The predicted molar refractivity (Wildman–Crippen MR) is 56.8 cm³/mol. The maximum Gasteiger partial charge on any atom is 0.371 e. The Morgan fingerprint density at radius 1 is 1.47 bits per heavy atom. The quantitative estimate of drug-likeness (QED) is 0.800. The van der Waals surface area contributed by atoms with Gasteiger partial charge >= 0.3 is 5.97 Å². The lowest BCUT2D eigenvalue weighted by Crippen LogP contribution is -2.26. The standard InChI is InChI=1S/C11H17NO3/c1-11(2,3)7-12-6-8-4-5-9(15-8)10(13)14/h4-5,12H,6-7H2,1-3H3,(H,13,14). The van der Waals surface area contributed by atoms with E-state index < -0.39 is 5.97 Å². The molecule has 0 saturated heterocycles. The fourth-order valence-electron chi connectivity index (χ4n) is 1.15. The Hall–Kier alpha value is -1.29. The Bertz CT molecular complexity index is 336. The average Bonchev–Trinajstić information content (AvgIpc) is 2.50. The Labute approximate surface area is 89.3 Å². The fraction of sp³-hybridized carbons (Fsp3) is 0.545. The lowest BCUT2D eigenvalue weighted by molar-refractivity contribution is 0.0660. The van der Waals surface area contributed by atoms with E-state index in [2.05, 4.69) is 26.1 Å². The minimum atomic E-state index is -1.03. The third-order valence-corrected chi connectivity index (χ3v) is 1.83. The molecular formula is C11H17NO3. The number of aromatic carboxylic acids is 1. The molecule has 4 nitrogen and oxygen atoms in total. The zero-order valence-corrected chi connectivity index (χ0v) is 9.33. The summed E-state index contributed by atoms with van der Waals surface area (Å²) >= 11 is 0. The SMILES string of the molecule is CC(C)(C)CNCc1ccc(C(=O)O)o1. The Morgan fingerprint density at radius 3 is 2.60 bits per heavy atom. The van der Waals surface area contributed by atoms with Crippen LogP contribution in [0.4, 0.5) is 0 Å². The minimum absolute atomic E-state index is 0.0115. The molecule has 0 aliphatic carbocycles. The average molecular weight is 211 g/mol. The van der Waals surface area contributed by atoms with Gasteiger partial charge in [-0.2, -0.15) is 0 Å². The van der Waals surface area contributed by atoms with E-state index in [4.69, 9.17) is 9.52 Å². The second-order valence-corrected chi connectivity index (χ2v) is 4.74. The van der Waals surface area contributed by atoms with Crippen molar-refractivity contribution >= 4 is 5.97 Å². The van der Waals surface area contributed by atoms with E-state index in [0.717, 1.165) is 6.54 Å². The molecule has 0 saturated carbocycles. The maximum absolute atomic E-state index is 10.5. The summed E-state index contributed by atoms with van der Waals surface area (Å²) < 4.78 is 5.10. The minimum Gasteiger partial charge on any atom is -0.475 e. The van der Waals surface area contributed by atoms with Gasteiger partial charge in [0.05, 0.1) is 6.54 Å². The first-order valence-electron chi connectivity index (χ1n) is 4.91. The molecule has 2 N–H and O–H groups in total. The van der Waals surface area contributed by atoms with Crippen molar-refractivity contribution in [1.82, 2.24) is 5.32 Å². The molecule has 15 heavy (non-hydrogen) atoms. The van der Waals surface area contributed by atoms with Crippen LogP contribution in [0.5, 0.6) is 0 Å². The highest BCUT2D eigenvalue weighted by molar-refractivity contribution is 5.84. The first kappa shape index (κ1) is 11.8. The smallest absolute Gasteiger partial charge is 0.371 e. The van der Waals surface area contributed by atoms with Gasteiger partial charge in [0.1, 0.15) is 5.76 Å². The second kappa shape index (κ2) is 4.49. The molecule has 0 aliphatic rings. The molecule has 1 heterocycles. The van der Waals surface area contributed by atoms with Crippen molar-refractivity contribution in [2.24, 2.45) is 5.41 Å². The highest BCUT2D eigenvalue weighted by Gasteiger charge is 2.11. The molecule has 1 rings (SSSR count). The van der Waals surface area contributed by atoms with Crippen molar-refractivity contribution in [3.63, 3.8) is 0 Å². The van der Waals surface area contributed by atoms with E-state index in [0.29, 0.717) is 12.3 Å². The van der Waals surface area contributed by atoms with Crippen LogP contribution in [0.1, 0.15) is 37.1 Å². The van der Waals surface area contributed by atoms with Gasteiger partial charge in [-0.05, 0) is 17.5 Å². The Kier molecular flexibility index (Phi) is 3.52. The van der Waals surface area contributed by atoms with Crippen LogP contribution in [0.3, 0.4) is 0 Å². The van der Waals surface area contributed by atoms with Crippen molar-refractivity contribution in [2.75, 3.05) is 6.54 Å². The van der Waals surface area contributed by atoms with Crippen molar-refractivity contribution in [1.29, 1.82) is 0 Å². The summed E-state index contributed by atoms with van der Waals surface area (Å²) in [5, 5.41) is 11.8. The van der Waals surface area contributed by atoms with Gasteiger partial charge in [-0.25, -0.2) is 4.79 Å². The van der Waals surface area contributed by atoms with Gasteiger partial charge in [-0.3, -0.25) is 0 Å². The summed E-state index contributed by atoms with van der Waals surface area (Å²) in [4.78, 5) is 10.5. The van der Waals surface area contributed by atoms with E-state index in [1.807, 2.05) is 0 Å². The van der Waals surface area contributed by atoms with Gasteiger partial charge < -0.3 is 14.8 Å². The van der Waals surface area contributed by atoms with Crippen molar-refractivity contribution in [3.8, 4) is 0 Å². The summed E-state index contributed by atoms with van der Waals surface area (Å²) in [6, 6.07) is 3.15. The molecule has 84 valence electrons. The summed E-state index contributed by atoms with van der Waals surface area (Å²) in [5.74, 6) is -0.392. The number of nitrogens with one attached hydrogen (secondary N) is 1. The van der Waals surface area contributed by atoms with Crippen LogP contribution in [0, 0.1) is 5.41 Å². The van der Waals surface area contributed by atoms with Gasteiger partial charge in [0.15, 0.2) is 0 Å². The molecule has 0 radical (unpaired) electrons. The molecule has 0 bridgehead atoms. The lowest BCUT2D eigenvalue weighted by Gasteiger charge is -2.18. The maximum atomic E-state index is 10.5. The van der Waals surface area contributed by atoms with Crippen LogP contribution < -0.4 is 5.32 Å². The van der Waals surface area contributed by atoms with Gasteiger partial charge in [-0.1, -0.05) is 20.8 Å². The summed E-state index contributed by atoms with van der Waals surface area (Å²) in [5.41, 5.74) is 0.211. The van der Waals surface area contributed by atoms with Gasteiger partial charge in [-0.15, -0.1) is 0 Å². The largest absolute Gasteiger partial charge is 0.475 e. The highest BCUT2D eigenvalue weighted by Crippen LogP contribution is 2.12. The van der Waals surface area contributed by atoms with Crippen LogP contribution in [0.15, 0.2) is 16.5 Å². The monoisotopic (exact) mass is 211 g/mol. The topological polar surface area (TPSA) is 62.5 Å². The molecule has 0 amide bonds. The van der Waals surface area contributed by atoms with Crippen molar-refractivity contribution in [2.45, 2.75) is 27.3 Å². The second-order valence-electron chi connectivity index (χ2n) is 4.74. The van der Waals surface area contributed by atoms with E-state index in [1.165, 1.54) is 6.07 Å². The summed E-state index contributed by atoms with van der Waals surface area (Å²) in [6.45, 7) is 7.81. The van der Waals surface area contributed by atoms with E-state index in [9.17, 15) is 4.79 Å². The normalized spacial score (nSPS) is 11.7. The lowest BCUT2D eigenvalue weighted by atomic mass is 9.97. The van der Waals surface area contributed by atoms with Gasteiger partial charge in [0.25, 0.3) is 0 Å². The van der Waals surface area contributed by atoms with Gasteiger partial charge in [0.2, 0.25) is 5.76 Å². The van der Waals surface area contributed by atoms with Gasteiger partial charge in [0, 0.05) is 6.54 Å². The van der Waals surface area contributed by atoms with Crippen LogP contribution in [0.2, 0.25) is 0 Å². The number of hydrogen-bond donors (Lipinski definition) is 2. The summed E-state index contributed by atoms with van der Waals surface area (Å²) in [7, 11) is 0. The van der Waals surface area contributed by atoms with E-state index in [-0.39, 0.29) is 11.2 Å². The Morgan fingerprint density at radius 2 is 2.13 bits per heavy atom. The number of carbonyl (C=O) groups is 1. The zero-order chi connectivity index (χ0) is 11.5. The fourth-order valence-corrected chi connectivity index (χ4v) is 1.15. The van der Waals surface area contributed by atoms with E-state index >= 15 is 0 Å². The number of carboxylic acid groups (broad SMARTS) is 1. The first-order valence-corrected chi connectivity index (χ1v) is 4.91. The molecule has 4 heteroatoms. The van der Waals surface area contributed by atoms with Crippen molar-refractivity contribution in [3.05, 3.63) is 23.7 Å². The van der Waals surface area contributed by atoms with Crippen LogP contribution in [-0.4, -0.2) is 17.6 Å². The molecule has 1 aromatic heterocycles. The third-order valence-electron chi connectivity index (χ3n) is 1.83. The molecule has 1 aromatic rings.